The van der Waals surface area contributed by atoms with Crippen molar-refractivity contribution in [1.82, 2.24) is 5.32 Å². The maximum Gasteiger partial charge on any atom is 0.257 e. The van der Waals surface area contributed by atoms with Gasteiger partial charge in [-0.15, -0.1) is 0 Å². The van der Waals surface area contributed by atoms with E-state index >= 15 is 0 Å². The number of halogens is 1. The van der Waals surface area contributed by atoms with Crippen LogP contribution in [-0.2, 0) is 11.2 Å². The summed E-state index contributed by atoms with van der Waals surface area (Å²) in [5.74, 6) is -0.622. The zero-order valence-corrected chi connectivity index (χ0v) is 14.9. The van der Waals surface area contributed by atoms with Crippen molar-refractivity contribution in [2.75, 3.05) is 31.1 Å². The Hall–Kier alpha value is -2.56. The Morgan fingerprint density at radius 1 is 1.04 bits per heavy atom. The normalized spacial score (nSPS) is 14.1. The monoisotopic (exact) mass is 356 g/mol. The number of piperidine rings is 1. The molecule has 0 spiro atoms. The van der Waals surface area contributed by atoms with Gasteiger partial charge < -0.3 is 15.0 Å². The maximum atomic E-state index is 13.4. The van der Waals surface area contributed by atoms with Gasteiger partial charge in [-0.2, -0.15) is 0 Å². The van der Waals surface area contributed by atoms with Crippen LogP contribution in [0.1, 0.15) is 24.8 Å². The van der Waals surface area contributed by atoms with Crippen LogP contribution in [-0.4, -0.2) is 32.1 Å². The molecule has 26 heavy (non-hydrogen) atoms. The lowest BCUT2D eigenvalue weighted by Gasteiger charge is -2.28. The highest BCUT2D eigenvalue weighted by Crippen LogP contribution is 2.20. The van der Waals surface area contributed by atoms with E-state index < -0.39 is 5.82 Å². The van der Waals surface area contributed by atoms with Gasteiger partial charge in [0.2, 0.25) is 0 Å². The van der Waals surface area contributed by atoms with E-state index in [4.69, 9.17) is 4.74 Å². The number of ether oxygens (including phenoxy) is 1. The third kappa shape index (κ3) is 5.22. The van der Waals surface area contributed by atoms with Crippen molar-refractivity contribution < 1.29 is 13.9 Å². The molecule has 1 fully saturated rings. The second-order valence-corrected chi connectivity index (χ2v) is 6.53. The fourth-order valence-electron chi connectivity index (χ4n) is 3.13. The topological polar surface area (TPSA) is 41.6 Å². The van der Waals surface area contributed by atoms with Crippen LogP contribution in [0.4, 0.5) is 10.1 Å². The molecule has 3 rings (SSSR count). The van der Waals surface area contributed by atoms with E-state index in [1.807, 2.05) is 0 Å². The Morgan fingerprint density at radius 2 is 1.77 bits per heavy atom. The highest BCUT2D eigenvalue weighted by atomic mass is 19.1. The molecule has 1 amide bonds. The molecule has 0 bridgehead atoms. The number of benzene rings is 2. The van der Waals surface area contributed by atoms with Crippen molar-refractivity contribution in [3.05, 3.63) is 59.9 Å². The second-order valence-electron chi connectivity index (χ2n) is 6.53. The molecular formula is C21H25FN2O2. The highest BCUT2D eigenvalue weighted by Gasteiger charge is 2.10. The van der Waals surface area contributed by atoms with E-state index in [0.717, 1.165) is 19.5 Å². The minimum absolute atomic E-state index is 0.0935. The second kappa shape index (κ2) is 9.22. The summed E-state index contributed by atoms with van der Waals surface area (Å²) in [6, 6.07) is 14.6. The van der Waals surface area contributed by atoms with Crippen LogP contribution >= 0.6 is 0 Å². The first kappa shape index (κ1) is 18.2. The van der Waals surface area contributed by atoms with Crippen LogP contribution in [0.2, 0.25) is 0 Å². The van der Waals surface area contributed by atoms with Crippen molar-refractivity contribution in [2.45, 2.75) is 25.7 Å². The summed E-state index contributed by atoms with van der Waals surface area (Å²) in [5.41, 5.74) is 2.46. The van der Waals surface area contributed by atoms with E-state index in [1.54, 1.807) is 12.1 Å². The predicted molar refractivity (Wildman–Crippen MR) is 101 cm³/mol. The molecule has 138 valence electrons. The highest BCUT2D eigenvalue weighted by molar-refractivity contribution is 5.77. The van der Waals surface area contributed by atoms with E-state index in [2.05, 4.69) is 34.5 Å². The number of carbonyl (C=O) groups excluding carboxylic acids is 1. The summed E-state index contributed by atoms with van der Waals surface area (Å²) in [6.45, 7) is 2.62. The molecule has 5 heteroatoms. The molecule has 1 saturated heterocycles. The van der Waals surface area contributed by atoms with Gasteiger partial charge in [0, 0.05) is 25.3 Å². The molecule has 2 aromatic rings. The standard InChI is InChI=1S/C21H25FN2O2/c22-19-6-2-3-7-20(19)26-16-21(25)23-13-12-17-8-10-18(11-9-17)24-14-4-1-5-15-24/h2-3,6-11H,1,4-5,12-16H2,(H,23,25). The van der Waals surface area contributed by atoms with E-state index in [0.29, 0.717) is 6.54 Å². The first-order chi connectivity index (χ1) is 12.7. The number of para-hydroxylation sites is 1. The number of rotatable bonds is 7. The number of carbonyl (C=O) groups is 1. The molecule has 0 unspecified atom stereocenters. The minimum atomic E-state index is -0.464. The summed E-state index contributed by atoms with van der Waals surface area (Å²) < 4.78 is 18.6. The number of nitrogens with one attached hydrogen (secondary N) is 1. The molecular weight excluding hydrogens is 331 g/mol. The lowest BCUT2D eigenvalue weighted by molar-refractivity contribution is -0.123. The smallest absolute Gasteiger partial charge is 0.257 e. The third-order valence-electron chi connectivity index (χ3n) is 4.59. The minimum Gasteiger partial charge on any atom is -0.481 e. The Bertz CT molecular complexity index is 712. The van der Waals surface area contributed by atoms with Crippen LogP contribution < -0.4 is 15.0 Å². The average Bonchev–Trinajstić information content (AvgIpc) is 2.69. The van der Waals surface area contributed by atoms with Crippen LogP contribution in [0.5, 0.6) is 5.75 Å². The van der Waals surface area contributed by atoms with Gasteiger partial charge in [-0.3, -0.25) is 4.79 Å². The van der Waals surface area contributed by atoms with Gasteiger partial charge in [0.1, 0.15) is 0 Å². The van der Waals surface area contributed by atoms with Crippen LogP contribution in [0.25, 0.3) is 0 Å². The van der Waals surface area contributed by atoms with Crippen molar-refractivity contribution in [2.24, 2.45) is 0 Å². The van der Waals surface area contributed by atoms with Gasteiger partial charge in [0.15, 0.2) is 18.2 Å². The zero-order valence-electron chi connectivity index (χ0n) is 14.9. The molecule has 0 saturated carbocycles. The predicted octanol–water partition coefficient (Wildman–Crippen LogP) is 3.55. The molecule has 1 N–H and O–H groups in total. The molecule has 1 aliphatic heterocycles. The van der Waals surface area contributed by atoms with Crippen LogP contribution in [0.15, 0.2) is 48.5 Å². The first-order valence-electron chi connectivity index (χ1n) is 9.20. The average molecular weight is 356 g/mol. The zero-order chi connectivity index (χ0) is 18.2. The largest absolute Gasteiger partial charge is 0.481 e. The summed E-state index contributed by atoms with van der Waals surface area (Å²) in [5, 5.41) is 2.80. The molecule has 0 atom stereocenters. The van der Waals surface area contributed by atoms with Gasteiger partial charge in [-0.05, 0) is 55.5 Å². The SMILES string of the molecule is O=C(COc1ccccc1F)NCCc1ccc(N2CCCCC2)cc1. The van der Waals surface area contributed by atoms with Crippen molar-refractivity contribution in [1.29, 1.82) is 0 Å². The molecule has 2 aromatic carbocycles. The van der Waals surface area contributed by atoms with Gasteiger partial charge in [0.05, 0.1) is 0 Å². The lowest BCUT2D eigenvalue weighted by atomic mass is 10.1. The fraction of sp³-hybridized carbons (Fsp3) is 0.381. The number of anilines is 1. The van der Waals surface area contributed by atoms with Gasteiger partial charge in [0.25, 0.3) is 5.91 Å². The van der Waals surface area contributed by atoms with Gasteiger partial charge in [-0.25, -0.2) is 4.39 Å². The van der Waals surface area contributed by atoms with Crippen molar-refractivity contribution >= 4 is 11.6 Å². The summed E-state index contributed by atoms with van der Waals surface area (Å²) in [4.78, 5) is 14.2. The Kier molecular flexibility index (Phi) is 6.47. The van der Waals surface area contributed by atoms with Crippen molar-refractivity contribution in [3.63, 3.8) is 0 Å². The van der Waals surface area contributed by atoms with Gasteiger partial charge >= 0.3 is 0 Å². The molecule has 0 aliphatic carbocycles. The molecule has 0 aromatic heterocycles. The van der Waals surface area contributed by atoms with E-state index in [9.17, 15) is 9.18 Å². The first-order valence-corrected chi connectivity index (χ1v) is 9.20. The van der Waals surface area contributed by atoms with Gasteiger partial charge in [-0.1, -0.05) is 24.3 Å². The Labute approximate surface area is 154 Å². The number of hydrogen-bond acceptors (Lipinski definition) is 3. The molecule has 4 nitrogen and oxygen atoms in total. The van der Waals surface area contributed by atoms with Crippen LogP contribution in [0, 0.1) is 5.82 Å². The molecule has 0 radical (unpaired) electrons. The van der Waals surface area contributed by atoms with E-state index in [-0.39, 0.29) is 18.3 Å². The van der Waals surface area contributed by atoms with Crippen LogP contribution in [0.3, 0.4) is 0 Å². The molecule has 1 aliphatic rings. The summed E-state index contributed by atoms with van der Waals surface area (Å²) >= 11 is 0. The number of nitrogens with zero attached hydrogens (tertiary/aromatic N) is 1. The molecule has 1 heterocycles. The maximum absolute atomic E-state index is 13.4. The fourth-order valence-corrected chi connectivity index (χ4v) is 3.13. The number of amides is 1. The Balaban J connectivity index is 1.38. The summed E-state index contributed by atoms with van der Waals surface area (Å²) in [7, 11) is 0. The summed E-state index contributed by atoms with van der Waals surface area (Å²) in [6.07, 6.45) is 4.62. The third-order valence-corrected chi connectivity index (χ3v) is 4.59. The Morgan fingerprint density at radius 3 is 2.50 bits per heavy atom. The quantitative estimate of drug-likeness (QED) is 0.825. The number of hydrogen-bond donors (Lipinski definition) is 1. The van der Waals surface area contributed by atoms with E-state index in [1.165, 1.54) is 42.6 Å². The van der Waals surface area contributed by atoms with Crippen molar-refractivity contribution in [3.8, 4) is 5.75 Å². The lowest BCUT2D eigenvalue weighted by Crippen LogP contribution is -2.30.